The second-order valence-corrected chi connectivity index (χ2v) is 13.4. The summed E-state index contributed by atoms with van der Waals surface area (Å²) in [6.45, 7) is 2.21. The molecule has 0 aliphatic heterocycles. The van der Waals surface area contributed by atoms with Crippen molar-refractivity contribution in [3.05, 3.63) is 0 Å². The molecule has 0 radical (unpaired) electrons. The molecule has 0 N–H and O–H groups in total. The minimum Gasteiger partial charge on any atom is -0.179 e. The summed E-state index contributed by atoms with van der Waals surface area (Å²) < 4.78 is 0.262. The smallest absolute Gasteiger partial charge is 0.0199 e. The Balaban J connectivity index is 1.41. The van der Waals surface area contributed by atoms with E-state index in [0.29, 0.717) is 22.3 Å². The molecule has 10 unspecified atom stereocenters. The minimum atomic E-state index is 0.262. The first-order valence-electron chi connectivity index (χ1n) is 12.1. The summed E-state index contributed by atoms with van der Waals surface area (Å²) in [6, 6.07) is 0. The molecule has 4 aliphatic rings. The van der Waals surface area contributed by atoms with Crippen molar-refractivity contribution >= 4 is 50.5 Å². The van der Waals surface area contributed by atoms with E-state index in [1.54, 1.807) is 0 Å². The van der Waals surface area contributed by atoms with E-state index in [0.717, 1.165) is 35.3 Å². The van der Waals surface area contributed by atoms with Gasteiger partial charge in [0.05, 0.1) is 0 Å². The predicted octanol–water partition coefficient (Wildman–Crippen LogP) is 7.25. The summed E-state index contributed by atoms with van der Waals surface area (Å²) in [4.78, 5) is 0. The third-order valence-corrected chi connectivity index (χ3v) is 12.0. The Morgan fingerprint density at radius 3 is 2.39 bits per heavy atom. The highest BCUT2D eigenvalue weighted by Crippen LogP contribution is 2.63. The first-order chi connectivity index (χ1) is 13.5. The van der Waals surface area contributed by atoms with Crippen LogP contribution in [0.25, 0.3) is 0 Å². The topological polar surface area (TPSA) is 0 Å². The lowest BCUT2D eigenvalue weighted by Gasteiger charge is -2.55. The number of hydrogen-bond acceptors (Lipinski definition) is 4. The highest BCUT2D eigenvalue weighted by Gasteiger charge is 2.58. The fourth-order valence-electron chi connectivity index (χ4n) is 8.11. The average molecular weight is 459 g/mol. The molecular formula is C24H42S4. The first-order valence-corrected chi connectivity index (χ1v) is 14.3. The lowest BCUT2D eigenvalue weighted by molar-refractivity contribution is -0.0148. The van der Waals surface area contributed by atoms with Crippen LogP contribution in [0.2, 0.25) is 0 Å². The van der Waals surface area contributed by atoms with Crippen LogP contribution in [0.15, 0.2) is 0 Å². The van der Waals surface area contributed by atoms with Crippen LogP contribution in [0.4, 0.5) is 0 Å². The summed E-state index contributed by atoms with van der Waals surface area (Å²) in [6.07, 6.45) is 17.1. The third kappa shape index (κ3) is 4.20. The zero-order valence-electron chi connectivity index (χ0n) is 17.7. The molecule has 4 aliphatic carbocycles. The summed E-state index contributed by atoms with van der Waals surface area (Å²) in [5, 5.41) is 0.931. The largest absolute Gasteiger partial charge is 0.179 e. The number of thiol groups is 4. The maximum absolute atomic E-state index is 5.51. The van der Waals surface area contributed by atoms with Crippen molar-refractivity contribution in [2.24, 2.45) is 41.4 Å². The zero-order chi connectivity index (χ0) is 19.9. The van der Waals surface area contributed by atoms with Crippen molar-refractivity contribution in [3.8, 4) is 0 Å². The molecule has 162 valence electrons. The second-order valence-electron chi connectivity index (χ2n) is 10.8. The molecule has 0 bridgehead atoms. The number of hydrogen-bond donors (Lipinski definition) is 4. The van der Waals surface area contributed by atoms with Gasteiger partial charge in [0.2, 0.25) is 0 Å². The first kappa shape index (κ1) is 22.6. The molecule has 28 heavy (non-hydrogen) atoms. The van der Waals surface area contributed by atoms with Gasteiger partial charge in [0, 0.05) is 15.2 Å². The van der Waals surface area contributed by atoms with Gasteiger partial charge in [-0.25, -0.2) is 0 Å². The monoisotopic (exact) mass is 458 g/mol. The molecule has 0 heterocycles. The average Bonchev–Trinajstić information content (AvgIpc) is 3.05. The molecule has 0 spiro atoms. The standard InChI is InChI=1S/C24H42S4/c1-15(26)17(14-25)7-11-23(27)22-10-9-21-20-8-6-16-4-2-3-5-18(16)19(20)12-13-24(21,22)28/h15-23,25-28H,2-14H2,1H3. The van der Waals surface area contributed by atoms with Crippen molar-refractivity contribution in [2.45, 2.75) is 99.2 Å². The second kappa shape index (κ2) is 9.49. The van der Waals surface area contributed by atoms with Crippen molar-refractivity contribution in [1.29, 1.82) is 0 Å². The fourth-order valence-corrected chi connectivity index (χ4v) is 10.5. The minimum absolute atomic E-state index is 0.262. The van der Waals surface area contributed by atoms with Gasteiger partial charge in [-0.2, -0.15) is 50.5 Å². The van der Waals surface area contributed by atoms with Crippen LogP contribution >= 0.6 is 50.5 Å². The Bertz CT molecular complexity index is 523. The number of rotatable bonds is 6. The van der Waals surface area contributed by atoms with E-state index in [1.807, 2.05) is 0 Å². The van der Waals surface area contributed by atoms with Crippen molar-refractivity contribution in [1.82, 2.24) is 0 Å². The molecule has 0 nitrogen and oxygen atoms in total. The summed E-state index contributed by atoms with van der Waals surface area (Å²) >= 11 is 19.9. The maximum atomic E-state index is 5.51. The molecule has 4 heteroatoms. The normalized spacial score (nSPS) is 46.2. The summed E-state index contributed by atoms with van der Waals surface area (Å²) in [7, 11) is 0. The highest BCUT2D eigenvalue weighted by atomic mass is 32.1. The Morgan fingerprint density at radius 1 is 0.857 bits per heavy atom. The third-order valence-electron chi connectivity index (χ3n) is 9.62. The fraction of sp³-hybridized carbons (Fsp3) is 1.00. The van der Waals surface area contributed by atoms with Gasteiger partial charge in [-0.1, -0.05) is 26.2 Å². The van der Waals surface area contributed by atoms with Gasteiger partial charge in [0.25, 0.3) is 0 Å². The Kier molecular flexibility index (Phi) is 7.66. The van der Waals surface area contributed by atoms with Crippen LogP contribution in [-0.2, 0) is 0 Å². The molecule has 0 aromatic carbocycles. The Labute approximate surface area is 196 Å². The Hall–Kier alpha value is 1.40. The van der Waals surface area contributed by atoms with E-state index in [-0.39, 0.29) is 4.75 Å². The van der Waals surface area contributed by atoms with Gasteiger partial charge in [0.1, 0.15) is 0 Å². The van der Waals surface area contributed by atoms with Crippen LogP contribution in [0.3, 0.4) is 0 Å². The van der Waals surface area contributed by atoms with Gasteiger partial charge < -0.3 is 0 Å². The molecule has 4 rings (SSSR count). The number of fused-ring (bicyclic) bond motifs is 5. The van der Waals surface area contributed by atoms with E-state index in [9.17, 15) is 0 Å². The highest BCUT2D eigenvalue weighted by molar-refractivity contribution is 7.82. The molecule has 4 saturated carbocycles. The molecule has 0 aromatic heterocycles. The van der Waals surface area contributed by atoms with Crippen LogP contribution in [0.5, 0.6) is 0 Å². The van der Waals surface area contributed by atoms with Gasteiger partial charge in [-0.15, -0.1) is 0 Å². The molecule has 0 aromatic rings. The molecule has 4 fully saturated rings. The van der Waals surface area contributed by atoms with Crippen molar-refractivity contribution in [3.63, 3.8) is 0 Å². The van der Waals surface area contributed by atoms with E-state index < -0.39 is 0 Å². The van der Waals surface area contributed by atoms with Crippen molar-refractivity contribution < 1.29 is 0 Å². The van der Waals surface area contributed by atoms with Crippen molar-refractivity contribution in [2.75, 3.05) is 5.75 Å². The van der Waals surface area contributed by atoms with Crippen LogP contribution < -0.4 is 0 Å². The Morgan fingerprint density at radius 2 is 1.64 bits per heavy atom. The van der Waals surface area contributed by atoms with Crippen LogP contribution in [-0.4, -0.2) is 21.0 Å². The van der Waals surface area contributed by atoms with Gasteiger partial charge in [-0.05, 0) is 105 Å². The van der Waals surface area contributed by atoms with Crippen LogP contribution in [0, 0.1) is 41.4 Å². The van der Waals surface area contributed by atoms with Gasteiger partial charge in [-0.3, -0.25) is 0 Å². The van der Waals surface area contributed by atoms with E-state index >= 15 is 0 Å². The van der Waals surface area contributed by atoms with E-state index in [2.05, 4.69) is 32.2 Å². The molecule has 0 amide bonds. The van der Waals surface area contributed by atoms with Gasteiger partial charge in [0.15, 0.2) is 0 Å². The SMILES string of the molecule is CC(S)C(CS)CCC(S)C1CCC2C3CCC4CCCCC4C3CCC12S. The van der Waals surface area contributed by atoms with E-state index in [4.69, 9.17) is 25.3 Å². The summed E-state index contributed by atoms with van der Waals surface area (Å²) in [5.41, 5.74) is 0. The lowest BCUT2D eigenvalue weighted by atomic mass is 9.53. The predicted molar refractivity (Wildman–Crippen MR) is 137 cm³/mol. The zero-order valence-corrected chi connectivity index (χ0v) is 21.3. The lowest BCUT2D eigenvalue weighted by Crippen LogP contribution is -2.51. The van der Waals surface area contributed by atoms with Crippen LogP contribution in [0.1, 0.15) is 84.0 Å². The van der Waals surface area contributed by atoms with Gasteiger partial charge >= 0.3 is 0 Å². The maximum Gasteiger partial charge on any atom is 0.0199 e. The molecule has 10 atom stereocenters. The molecular weight excluding hydrogens is 417 g/mol. The quantitative estimate of drug-likeness (QED) is 0.296. The molecule has 0 saturated heterocycles. The van der Waals surface area contributed by atoms with E-state index in [1.165, 1.54) is 77.0 Å². The summed E-state index contributed by atoms with van der Waals surface area (Å²) in [5.74, 6) is 7.23.